The van der Waals surface area contributed by atoms with E-state index in [1.54, 1.807) is 12.1 Å². The first-order valence-corrected chi connectivity index (χ1v) is 7.21. The number of carbonyl (C=O) groups is 1. The fourth-order valence-corrected chi connectivity index (χ4v) is 2.16. The van der Waals surface area contributed by atoms with Gasteiger partial charge in [-0.25, -0.2) is 14.1 Å². The molecule has 1 amide bonds. The Bertz CT molecular complexity index is 924. The largest absolute Gasteiger partial charge is 0.289 e. The van der Waals surface area contributed by atoms with Gasteiger partial charge in [-0.15, -0.1) is 5.10 Å². The third-order valence-corrected chi connectivity index (χ3v) is 3.34. The average Bonchev–Trinajstić information content (AvgIpc) is 3.01. The molecule has 9 heteroatoms. The first-order valence-electron chi connectivity index (χ1n) is 7.21. The number of carbonyl (C=O) groups excluding carboxylic acids is 1. The van der Waals surface area contributed by atoms with Crippen LogP contribution in [0.5, 0.6) is 0 Å². The maximum Gasteiger partial charge on any atom is 0.269 e. The normalized spacial score (nSPS) is 10.4. The molecule has 1 aromatic heterocycles. The quantitative estimate of drug-likeness (QED) is 0.567. The molecule has 0 fully saturated rings. The summed E-state index contributed by atoms with van der Waals surface area (Å²) in [5, 5.41) is 17.2. The fourth-order valence-electron chi connectivity index (χ4n) is 2.16. The number of anilines is 1. The second kappa shape index (κ2) is 6.87. The molecule has 25 heavy (non-hydrogen) atoms. The number of nitrogens with zero attached hydrogens (tertiary/aromatic N) is 4. The van der Waals surface area contributed by atoms with Crippen molar-refractivity contribution in [1.82, 2.24) is 14.8 Å². The van der Waals surface area contributed by atoms with Crippen molar-refractivity contribution in [1.29, 1.82) is 0 Å². The van der Waals surface area contributed by atoms with Crippen molar-refractivity contribution in [3.63, 3.8) is 0 Å². The van der Waals surface area contributed by atoms with Crippen molar-refractivity contribution in [2.24, 2.45) is 0 Å². The minimum Gasteiger partial charge on any atom is -0.289 e. The number of rotatable bonds is 5. The molecule has 0 radical (unpaired) electrons. The highest BCUT2D eigenvalue weighted by molar-refractivity contribution is 6.03. The smallest absolute Gasteiger partial charge is 0.269 e. The van der Waals surface area contributed by atoms with E-state index in [-0.39, 0.29) is 23.0 Å². The Morgan fingerprint density at radius 2 is 2.00 bits per heavy atom. The van der Waals surface area contributed by atoms with E-state index in [2.05, 4.69) is 15.4 Å². The van der Waals surface area contributed by atoms with E-state index >= 15 is 0 Å². The van der Waals surface area contributed by atoms with Gasteiger partial charge in [0.1, 0.15) is 12.1 Å². The Kier molecular flexibility index (Phi) is 4.46. The fraction of sp³-hybridized carbons (Fsp3) is 0.0625. The summed E-state index contributed by atoms with van der Waals surface area (Å²) < 4.78 is 14.6. The molecule has 0 aliphatic carbocycles. The number of nitro benzene ring substituents is 1. The van der Waals surface area contributed by atoms with Crippen molar-refractivity contribution in [3.05, 3.63) is 81.9 Å². The number of hydrogen-bond acceptors (Lipinski definition) is 5. The Hall–Kier alpha value is -3.62. The second-order valence-corrected chi connectivity index (χ2v) is 5.15. The van der Waals surface area contributed by atoms with Crippen LogP contribution in [0.3, 0.4) is 0 Å². The summed E-state index contributed by atoms with van der Waals surface area (Å²) in [7, 11) is 0. The highest BCUT2D eigenvalue weighted by Crippen LogP contribution is 2.13. The number of amides is 1. The number of nitro groups is 1. The maximum absolute atomic E-state index is 13.2. The molecule has 0 aliphatic heterocycles. The van der Waals surface area contributed by atoms with Gasteiger partial charge in [-0.05, 0) is 29.8 Å². The predicted molar refractivity (Wildman–Crippen MR) is 86.6 cm³/mol. The zero-order valence-electron chi connectivity index (χ0n) is 12.8. The van der Waals surface area contributed by atoms with Crippen LogP contribution in [0.4, 0.5) is 16.0 Å². The van der Waals surface area contributed by atoms with Crippen LogP contribution in [0.2, 0.25) is 0 Å². The Labute approximate surface area is 141 Å². The third kappa shape index (κ3) is 4.02. The molecule has 0 aliphatic rings. The second-order valence-electron chi connectivity index (χ2n) is 5.15. The van der Waals surface area contributed by atoms with Crippen molar-refractivity contribution in [2.75, 3.05) is 5.32 Å². The molecule has 126 valence electrons. The highest BCUT2D eigenvalue weighted by atomic mass is 19.1. The Morgan fingerprint density at radius 1 is 1.24 bits per heavy atom. The van der Waals surface area contributed by atoms with E-state index in [9.17, 15) is 19.3 Å². The molecule has 0 spiro atoms. The van der Waals surface area contributed by atoms with Gasteiger partial charge in [0.2, 0.25) is 5.95 Å². The van der Waals surface area contributed by atoms with Crippen molar-refractivity contribution < 1.29 is 14.1 Å². The lowest BCUT2D eigenvalue weighted by Crippen LogP contribution is -2.13. The molecule has 0 saturated heterocycles. The maximum atomic E-state index is 13.2. The van der Waals surface area contributed by atoms with Gasteiger partial charge in [-0.3, -0.25) is 20.2 Å². The molecule has 1 N–H and O–H groups in total. The molecule has 0 unspecified atom stereocenters. The van der Waals surface area contributed by atoms with Crippen molar-refractivity contribution in [3.8, 4) is 0 Å². The molecule has 0 atom stereocenters. The summed E-state index contributed by atoms with van der Waals surface area (Å²) in [6, 6.07) is 11.3. The van der Waals surface area contributed by atoms with Gasteiger partial charge in [0.25, 0.3) is 11.6 Å². The molecule has 8 nitrogen and oxygen atoms in total. The van der Waals surface area contributed by atoms with Gasteiger partial charge < -0.3 is 0 Å². The topological polar surface area (TPSA) is 103 Å². The molecular weight excluding hydrogens is 329 g/mol. The van der Waals surface area contributed by atoms with Crippen molar-refractivity contribution >= 4 is 17.5 Å². The van der Waals surface area contributed by atoms with Crippen LogP contribution in [0, 0.1) is 15.9 Å². The molecule has 2 aromatic carbocycles. The summed E-state index contributed by atoms with van der Waals surface area (Å²) in [6.45, 7) is 0.304. The Balaban J connectivity index is 1.66. The van der Waals surface area contributed by atoms with E-state index in [0.717, 1.165) is 0 Å². The van der Waals surface area contributed by atoms with Crippen LogP contribution >= 0.6 is 0 Å². The molecule has 3 rings (SSSR count). The summed E-state index contributed by atoms with van der Waals surface area (Å²) in [5.74, 6) is -0.748. The molecular formula is C16H12FN5O3. The highest BCUT2D eigenvalue weighted by Gasteiger charge is 2.11. The van der Waals surface area contributed by atoms with Crippen LogP contribution in [0.1, 0.15) is 15.9 Å². The first kappa shape index (κ1) is 16.2. The lowest BCUT2D eigenvalue weighted by Gasteiger charge is -2.02. The summed E-state index contributed by atoms with van der Waals surface area (Å²) in [6.07, 6.45) is 1.41. The first-order chi connectivity index (χ1) is 12.0. The van der Waals surface area contributed by atoms with Gasteiger partial charge >= 0.3 is 0 Å². The van der Waals surface area contributed by atoms with Gasteiger partial charge in [0.15, 0.2) is 0 Å². The SMILES string of the molecule is O=C(Nc1ncn(Cc2cccc(F)c2)n1)c1ccc([N+](=O)[O-])cc1. The van der Waals surface area contributed by atoms with Gasteiger partial charge in [-0.2, -0.15) is 0 Å². The average molecular weight is 341 g/mol. The zero-order valence-corrected chi connectivity index (χ0v) is 12.8. The zero-order chi connectivity index (χ0) is 17.8. The standard InChI is InChI=1S/C16H12FN5O3/c17-13-3-1-2-11(8-13)9-21-10-18-16(20-21)19-15(23)12-4-6-14(7-5-12)22(24)25/h1-8,10H,9H2,(H,19,20,23). The van der Waals surface area contributed by atoms with E-state index in [1.165, 1.54) is 47.4 Å². The minimum absolute atomic E-state index is 0.0831. The third-order valence-electron chi connectivity index (χ3n) is 3.34. The number of aromatic nitrogens is 3. The predicted octanol–water partition coefficient (Wildman–Crippen LogP) is 2.63. The van der Waals surface area contributed by atoms with E-state index in [4.69, 9.17) is 0 Å². The molecule has 0 bridgehead atoms. The summed E-state index contributed by atoms with van der Waals surface area (Å²) >= 11 is 0. The number of halogens is 1. The van der Waals surface area contributed by atoms with Gasteiger partial charge in [0.05, 0.1) is 11.5 Å². The van der Waals surface area contributed by atoms with Crippen molar-refractivity contribution in [2.45, 2.75) is 6.54 Å². The van der Waals surface area contributed by atoms with Crippen LogP contribution < -0.4 is 5.32 Å². The van der Waals surface area contributed by atoms with Crippen LogP contribution in [0.15, 0.2) is 54.9 Å². The number of hydrogen-bond donors (Lipinski definition) is 1. The van der Waals surface area contributed by atoms with Crippen LogP contribution in [0.25, 0.3) is 0 Å². The number of nitrogens with one attached hydrogen (secondary N) is 1. The molecule has 3 aromatic rings. The molecule has 0 saturated carbocycles. The summed E-state index contributed by atoms with van der Waals surface area (Å²) in [5.41, 5.74) is 0.847. The lowest BCUT2D eigenvalue weighted by molar-refractivity contribution is -0.384. The van der Waals surface area contributed by atoms with E-state index < -0.39 is 10.8 Å². The van der Waals surface area contributed by atoms with E-state index in [1.807, 2.05) is 0 Å². The number of benzene rings is 2. The summed E-state index contributed by atoms with van der Waals surface area (Å²) in [4.78, 5) is 26.1. The van der Waals surface area contributed by atoms with Gasteiger partial charge in [0, 0.05) is 17.7 Å². The minimum atomic E-state index is -0.544. The Morgan fingerprint density at radius 3 is 2.68 bits per heavy atom. The van der Waals surface area contributed by atoms with Gasteiger partial charge in [-0.1, -0.05) is 12.1 Å². The van der Waals surface area contributed by atoms with E-state index in [0.29, 0.717) is 12.1 Å². The lowest BCUT2D eigenvalue weighted by atomic mass is 10.2. The number of non-ortho nitro benzene ring substituents is 1. The molecule has 1 heterocycles. The van der Waals surface area contributed by atoms with Crippen LogP contribution in [-0.4, -0.2) is 25.6 Å². The monoisotopic (exact) mass is 341 g/mol. The van der Waals surface area contributed by atoms with Crippen LogP contribution in [-0.2, 0) is 6.54 Å².